The summed E-state index contributed by atoms with van der Waals surface area (Å²) in [4.78, 5) is 37.1. The Bertz CT molecular complexity index is 632. The molecular formula is C16H19ClN2O4. The SMILES string of the molecule is CC(C)[C@H](NC(=O)C1CC(=O)N(c2ccccc2Cl)C1)C(=O)O. The quantitative estimate of drug-likeness (QED) is 0.858. The molecule has 124 valence electrons. The molecule has 0 aromatic heterocycles. The highest BCUT2D eigenvalue weighted by molar-refractivity contribution is 6.33. The van der Waals surface area contributed by atoms with Gasteiger partial charge in [0.05, 0.1) is 16.6 Å². The first-order valence-corrected chi connectivity index (χ1v) is 7.77. The second-order valence-corrected chi connectivity index (χ2v) is 6.33. The molecule has 0 aliphatic carbocycles. The van der Waals surface area contributed by atoms with E-state index in [0.29, 0.717) is 10.7 Å². The largest absolute Gasteiger partial charge is 0.480 e. The van der Waals surface area contributed by atoms with Crippen molar-refractivity contribution in [2.24, 2.45) is 11.8 Å². The third kappa shape index (κ3) is 3.82. The number of nitrogens with zero attached hydrogens (tertiary/aromatic N) is 1. The Morgan fingerprint density at radius 1 is 1.35 bits per heavy atom. The molecule has 1 aromatic rings. The fourth-order valence-electron chi connectivity index (χ4n) is 2.57. The standard InChI is InChI=1S/C16H19ClN2O4/c1-9(2)14(16(22)23)18-15(21)10-7-13(20)19(8-10)12-6-4-3-5-11(12)17/h3-6,9-10,14H,7-8H2,1-2H3,(H,18,21)(H,22,23)/t10?,14-/m0/s1. The summed E-state index contributed by atoms with van der Waals surface area (Å²) in [6.07, 6.45) is 0.0431. The van der Waals surface area contributed by atoms with E-state index in [1.807, 2.05) is 0 Å². The summed E-state index contributed by atoms with van der Waals surface area (Å²) in [6, 6.07) is 5.95. The fourth-order valence-corrected chi connectivity index (χ4v) is 2.81. The Labute approximate surface area is 139 Å². The van der Waals surface area contributed by atoms with E-state index in [1.165, 1.54) is 4.90 Å². The molecule has 1 heterocycles. The van der Waals surface area contributed by atoms with Crippen LogP contribution in [0.5, 0.6) is 0 Å². The average Bonchev–Trinajstić information content (AvgIpc) is 2.86. The smallest absolute Gasteiger partial charge is 0.326 e. The molecule has 2 amide bonds. The molecule has 0 radical (unpaired) electrons. The number of rotatable bonds is 5. The summed E-state index contributed by atoms with van der Waals surface area (Å²) < 4.78 is 0. The zero-order chi connectivity index (χ0) is 17.1. The van der Waals surface area contributed by atoms with Crippen molar-refractivity contribution in [2.45, 2.75) is 26.3 Å². The number of halogens is 1. The first-order valence-electron chi connectivity index (χ1n) is 7.39. The molecule has 1 aliphatic heterocycles. The Morgan fingerprint density at radius 2 is 2.00 bits per heavy atom. The van der Waals surface area contributed by atoms with E-state index in [-0.39, 0.29) is 24.8 Å². The lowest BCUT2D eigenvalue weighted by Crippen LogP contribution is -2.47. The number of carbonyl (C=O) groups excluding carboxylic acids is 2. The third-order valence-corrected chi connectivity index (χ3v) is 4.19. The van der Waals surface area contributed by atoms with Crippen molar-refractivity contribution in [3.05, 3.63) is 29.3 Å². The van der Waals surface area contributed by atoms with E-state index in [9.17, 15) is 14.4 Å². The maximum atomic E-state index is 12.3. The number of benzene rings is 1. The van der Waals surface area contributed by atoms with Gasteiger partial charge in [-0.2, -0.15) is 0 Å². The average molecular weight is 339 g/mol. The Kier molecular flexibility index (Phi) is 5.26. The van der Waals surface area contributed by atoms with Crippen LogP contribution in [-0.2, 0) is 14.4 Å². The molecule has 1 fully saturated rings. The predicted molar refractivity (Wildman–Crippen MR) is 86.3 cm³/mol. The van der Waals surface area contributed by atoms with Gasteiger partial charge in [-0.05, 0) is 18.1 Å². The maximum absolute atomic E-state index is 12.3. The van der Waals surface area contributed by atoms with Gasteiger partial charge in [0.15, 0.2) is 0 Å². The lowest BCUT2D eigenvalue weighted by molar-refractivity contribution is -0.143. The number of amides is 2. The predicted octanol–water partition coefficient (Wildman–Crippen LogP) is 1.92. The van der Waals surface area contributed by atoms with E-state index < -0.39 is 23.8 Å². The number of anilines is 1. The van der Waals surface area contributed by atoms with E-state index in [0.717, 1.165) is 0 Å². The zero-order valence-corrected chi connectivity index (χ0v) is 13.7. The third-order valence-electron chi connectivity index (χ3n) is 3.87. The van der Waals surface area contributed by atoms with Gasteiger partial charge in [0.25, 0.3) is 0 Å². The molecule has 1 aromatic carbocycles. The van der Waals surface area contributed by atoms with Gasteiger partial charge in [-0.15, -0.1) is 0 Å². The van der Waals surface area contributed by atoms with E-state index in [4.69, 9.17) is 16.7 Å². The Hall–Kier alpha value is -2.08. The summed E-state index contributed by atoms with van der Waals surface area (Å²) in [7, 11) is 0. The molecule has 1 unspecified atom stereocenters. The molecule has 1 aliphatic rings. The lowest BCUT2D eigenvalue weighted by atomic mass is 10.0. The lowest BCUT2D eigenvalue weighted by Gasteiger charge is -2.21. The molecule has 2 N–H and O–H groups in total. The fraction of sp³-hybridized carbons (Fsp3) is 0.438. The molecule has 0 spiro atoms. The summed E-state index contributed by atoms with van der Waals surface area (Å²) >= 11 is 6.09. The summed E-state index contributed by atoms with van der Waals surface area (Å²) in [5, 5.41) is 12.1. The second-order valence-electron chi connectivity index (χ2n) is 5.93. The molecule has 2 rings (SSSR count). The molecule has 0 bridgehead atoms. The van der Waals surface area contributed by atoms with Gasteiger partial charge in [0.1, 0.15) is 6.04 Å². The van der Waals surface area contributed by atoms with Crippen molar-refractivity contribution >= 4 is 35.1 Å². The van der Waals surface area contributed by atoms with Crippen molar-refractivity contribution in [3.63, 3.8) is 0 Å². The van der Waals surface area contributed by atoms with Gasteiger partial charge in [-0.1, -0.05) is 37.6 Å². The molecule has 2 atom stereocenters. The van der Waals surface area contributed by atoms with Crippen LogP contribution in [0.4, 0.5) is 5.69 Å². The highest BCUT2D eigenvalue weighted by atomic mass is 35.5. The molecule has 1 saturated heterocycles. The van der Waals surface area contributed by atoms with Crippen molar-refractivity contribution in [3.8, 4) is 0 Å². The van der Waals surface area contributed by atoms with Crippen LogP contribution in [0.1, 0.15) is 20.3 Å². The number of para-hydroxylation sites is 1. The number of nitrogens with one attached hydrogen (secondary N) is 1. The normalized spacial score (nSPS) is 19.0. The van der Waals surface area contributed by atoms with Crippen LogP contribution in [0, 0.1) is 11.8 Å². The minimum atomic E-state index is -1.08. The summed E-state index contributed by atoms with van der Waals surface area (Å²) in [6.45, 7) is 3.63. The van der Waals surface area contributed by atoms with Gasteiger partial charge in [-0.25, -0.2) is 4.79 Å². The van der Waals surface area contributed by atoms with Gasteiger partial charge < -0.3 is 15.3 Å². The van der Waals surface area contributed by atoms with E-state index in [2.05, 4.69) is 5.32 Å². The van der Waals surface area contributed by atoms with Crippen LogP contribution in [0.15, 0.2) is 24.3 Å². The maximum Gasteiger partial charge on any atom is 0.326 e. The molecular weight excluding hydrogens is 320 g/mol. The summed E-state index contributed by atoms with van der Waals surface area (Å²) in [5.41, 5.74) is 0.563. The number of hydrogen-bond acceptors (Lipinski definition) is 3. The number of carboxylic acids is 1. The second kappa shape index (κ2) is 7.00. The topological polar surface area (TPSA) is 86.7 Å². The van der Waals surface area contributed by atoms with Crippen molar-refractivity contribution < 1.29 is 19.5 Å². The van der Waals surface area contributed by atoms with Gasteiger partial charge in [0, 0.05) is 13.0 Å². The monoisotopic (exact) mass is 338 g/mol. The minimum Gasteiger partial charge on any atom is -0.480 e. The van der Waals surface area contributed by atoms with E-state index in [1.54, 1.807) is 38.1 Å². The van der Waals surface area contributed by atoms with Crippen LogP contribution >= 0.6 is 11.6 Å². The number of hydrogen-bond donors (Lipinski definition) is 2. The number of carbonyl (C=O) groups is 3. The van der Waals surface area contributed by atoms with Crippen molar-refractivity contribution in [1.29, 1.82) is 0 Å². The first kappa shape index (κ1) is 17.3. The number of aliphatic carboxylic acids is 1. The Balaban J connectivity index is 2.09. The van der Waals surface area contributed by atoms with Crippen molar-refractivity contribution in [1.82, 2.24) is 5.32 Å². The van der Waals surface area contributed by atoms with Gasteiger partial charge in [-0.3, -0.25) is 9.59 Å². The first-order chi connectivity index (χ1) is 10.8. The van der Waals surface area contributed by atoms with Crippen LogP contribution in [-0.4, -0.2) is 35.5 Å². The minimum absolute atomic E-state index is 0.0431. The summed E-state index contributed by atoms with van der Waals surface area (Å²) in [5.74, 6) is -2.53. The van der Waals surface area contributed by atoms with Crippen LogP contribution in [0.2, 0.25) is 5.02 Å². The Morgan fingerprint density at radius 3 is 2.57 bits per heavy atom. The zero-order valence-electron chi connectivity index (χ0n) is 13.0. The van der Waals surface area contributed by atoms with Crippen molar-refractivity contribution in [2.75, 3.05) is 11.4 Å². The molecule has 0 saturated carbocycles. The van der Waals surface area contributed by atoms with Crippen LogP contribution in [0.3, 0.4) is 0 Å². The van der Waals surface area contributed by atoms with Gasteiger partial charge in [0.2, 0.25) is 11.8 Å². The van der Waals surface area contributed by atoms with Gasteiger partial charge >= 0.3 is 5.97 Å². The van der Waals surface area contributed by atoms with Crippen LogP contribution < -0.4 is 10.2 Å². The molecule has 7 heteroatoms. The highest BCUT2D eigenvalue weighted by Crippen LogP contribution is 2.31. The van der Waals surface area contributed by atoms with Crippen LogP contribution in [0.25, 0.3) is 0 Å². The highest BCUT2D eigenvalue weighted by Gasteiger charge is 2.37. The molecule has 6 nitrogen and oxygen atoms in total. The number of carboxylic acid groups (broad SMARTS) is 1. The van der Waals surface area contributed by atoms with E-state index >= 15 is 0 Å². The molecule has 23 heavy (non-hydrogen) atoms.